The van der Waals surface area contributed by atoms with Crippen LogP contribution in [0.3, 0.4) is 0 Å². The molecule has 1 aromatic carbocycles. The Morgan fingerprint density at radius 2 is 1.52 bits per heavy atom. The van der Waals surface area contributed by atoms with Gasteiger partial charge in [0, 0.05) is 38.0 Å². The number of Topliss-reactive ketones (excluding diaryl/α,β-unsaturated/α-hetero) is 1. The van der Waals surface area contributed by atoms with Gasteiger partial charge in [-0.25, -0.2) is 0 Å². The first-order valence-corrected chi connectivity index (χ1v) is 9.75. The fourth-order valence-corrected chi connectivity index (χ4v) is 2.77. The van der Waals surface area contributed by atoms with E-state index in [1.165, 1.54) is 0 Å². The molecule has 0 atom stereocenters. The Hall–Kier alpha value is -2.21. The van der Waals surface area contributed by atoms with E-state index < -0.39 is 0 Å². The highest BCUT2D eigenvalue weighted by Crippen LogP contribution is 2.08. The van der Waals surface area contributed by atoms with Crippen LogP contribution in [-0.4, -0.2) is 66.8 Å². The van der Waals surface area contributed by atoms with Gasteiger partial charge in [-0.15, -0.1) is 0 Å². The van der Waals surface area contributed by atoms with E-state index in [1.807, 2.05) is 18.2 Å². The predicted molar refractivity (Wildman–Crippen MR) is 106 cm³/mol. The van der Waals surface area contributed by atoms with Gasteiger partial charge in [-0.2, -0.15) is 0 Å². The second kappa shape index (κ2) is 13.0. The number of carbonyl (C=O) groups is 3. The van der Waals surface area contributed by atoms with Gasteiger partial charge in [0.2, 0.25) is 5.91 Å². The minimum atomic E-state index is -0.307. The number of hydrogen-bond donors (Lipinski definition) is 0. The van der Waals surface area contributed by atoms with E-state index in [1.54, 1.807) is 24.0 Å². The standard InChI is InChI=1S/C21H32N2O4/c1-4-22(5-2)16-17-23(15-14-21(26)27-6-3)20(25)13-12-19(24)18-10-8-7-9-11-18/h7-11H,4-6,12-17H2,1-3H3. The molecule has 0 unspecified atom stereocenters. The highest BCUT2D eigenvalue weighted by molar-refractivity contribution is 5.97. The van der Waals surface area contributed by atoms with E-state index >= 15 is 0 Å². The summed E-state index contributed by atoms with van der Waals surface area (Å²) >= 11 is 0. The van der Waals surface area contributed by atoms with Crippen LogP contribution in [0.1, 0.15) is 50.4 Å². The Bertz CT molecular complexity index is 585. The number of amides is 1. The Balaban J connectivity index is 2.61. The first-order valence-electron chi connectivity index (χ1n) is 9.75. The second-order valence-corrected chi connectivity index (χ2v) is 6.25. The smallest absolute Gasteiger partial charge is 0.307 e. The van der Waals surface area contributed by atoms with Gasteiger partial charge < -0.3 is 14.5 Å². The first kappa shape index (κ1) is 22.8. The molecular weight excluding hydrogens is 344 g/mol. The molecule has 0 fully saturated rings. The van der Waals surface area contributed by atoms with Gasteiger partial charge in [-0.3, -0.25) is 14.4 Å². The van der Waals surface area contributed by atoms with Crippen LogP contribution in [-0.2, 0) is 14.3 Å². The number of likely N-dealkylation sites (N-methyl/N-ethyl adjacent to an activating group) is 1. The molecule has 0 aliphatic carbocycles. The van der Waals surface area contributed by atoms with E-state index in [0.717, 1.165) is 19.6 Å². The van der Waals surface area contributed by atoms with Crippen LogP contribution in [0.2, 0.25) is 0 Å². The molecule has 1 amide bonds. The van der Waals surface area contributed by atoms with Gasteiger partial charge in [0.25, 0.3) is 0 Å². The minimum Gasteiger partial charge on any atom is -0.466 e. The van der Waals surface area contributed by atoms with Crippen molar-refractivity contribution >= 4 is 17.7 Å². The van der Waals surface area contributed by atoms with Crippen LogP contribution < -0.4 is 0 Å². The molecule has 6 heteroatoms. The number of carbonyl (C=O) groups excluding carboxylic acids is 3. The van der Waals surface area contributed by atoms with Crippen molar-refractivity contribution in [1.29, 1.82) is 0 Å². The zero-order chi connectivity index (χ0) is 20.1. The Kier molecular flexibility index (Phi) is 11.0. The highest BCUT2D eigenvalue weighted by atomic mass is 16.5. The van der Waals surface area contributed by atoms with Crippen LogP contribution >= 0.6 is 0 Å². The number of hydrogen-bond acceptors (Lipinski definition) is 5. The summed E-state index contributed by atoms with van der Waals surface area (Å²) in [7, 11) is 0. The zero-order valence-corrected chi connectivity index (χ0v) is 16.8. The summed E-state index contributed by atoms with van der Waals surface area (Å²) in [5.41, 5.74) is 0.617. The molecule has 0 aliphatic rings. The summed E-state index contributed by atoms with van der Waals surface area (Å²) in [5.74, 6) is -0.452. The van der Waals surface area contributed by atoms with Crippen molar-refractivity contribution in [2.24, 2.45) is 0 Å². The maximum absolute atomic E-state index is 12.6. The number of nitrogens with zero attached hydrogens (tertiary/aromatic N) is 2. The van der Waals surface area contributed by atoms with E-state index in [2.05, 4.69) is 18.7 Å². The van der Waals surface area contributed by atoms with Crippen molar-refractivity contribution in [3.8, 4) is 0 Å². The summed E-state index contributed by atoms with van der Waals surface area (Å²) in [6.45, 7) is 9.66. The Labute approximate surface area is 162 Å². The number of esters is 1. The molecule has 1 rings (SSSR count). The van der Waals surface area contributed by atoms with Crippen molar-refractivity contribution in [2.45, 2.75) is 40.0 Å². The quantitative estimate of drug-likeness (QED) is 0.391. The number of ketones is 1. The third-order valence-corrected chi connectivity index (χ3v) is 4.49. The Morgan fingerprint density at radius 3 is 2.11 bits per heavy atom. The molecule has 0 bridgehead atoms. The number of ether oxygens (including phenoxy) is 1. The SMILES string of the molecule is CCOC(=O)CCN(CCN(CC)CC)C(=O)CCC(=O)c1ccccc1. The molecule has 0 aromatic heterocycles. The lowest BCUT2D eigenvalue weighted by molar-refractivity contribution is -0.144. The lowest BCUT2D eigenvalue weighted by Crippen LogP contribution is -2.40. The lowest BCUT2D eigenvalue weighted by atomic mass is 10.1. The molecule has 0 saturated heterocycles. The van der Waals surface area contributed by atoms with Crippen molar-refractivity contribution < 1.29 is 19.1 Å². The van der Waals surface area contributed by atoms with E-state index in [4.69, 9.17) is 4.74 Å². The number of rotatable bonds is 13. The van der Waals surface area contributed by atoms with Gasteiger partial charge >= 0.3 is 5.97 Å². The third-order valence-electron chi connectivity index (χ3n) is 4.49. The molecule has 6 nitrogen and oxygen atoms in total. The summed E-state index contributed by atoms with van der Waals surface area (Å²) < 4.78 is 4.95. The van der Waals surface area contributed by atoms with E-state index in [9.17, 15) is 14.4 Å². The maximum Gasteiger partial charge on any atom is 0.307 e. The van der Waals surface area contributed by atoms with Crippen LogP contribution in [0.15, 0.2) is 30.3 Å². The zero-order valence-electron chi connectivity index (χ0n) is 16.8. The molecule has 0 saturated carbocycles. The van der Waals surface area contributed by atoms with Gasteiger partial charge in [0.05, 0.1) is 13.0 Å². The van der Waals surface area contributed by atoms with Crippen LogP contribution in [0.25, 0.3) is 0 Å². The monoisotopic (exact) mass is 376 g/mol. The van der Waals surface area contributed by atoms with Crippen molar-refractivity contribution in [3.05, 3.63) is 35.9 Å². The fourth-order valence-electron chi connectivity index (χ4n) is 2.77. The van der Waals surface area contributed by atoms with E-state index in [-0.39, 0.29) is 36.9 Å². The number of benzene rings is 1. The van der Waals surface area contributed by atoms with Gasteiger partial charge in [0.15, 0.2) is 5.78 Å². The average Bonchev–Trinajstić information content (AvgIpc) is 2.69. The molecule has 0 spiro atoms. The fraction of sp³-hybridized carbons (Fsp3) is 0.571. The maximum atomic E-state index is 12.6. The average molecular weight is 376 g/mol. The normalized spacial score (nSPS) is 10.7. The summed E-state index contributed by atoms with van der Waals surface area (Å²) in [6.07, 6.45) is 0.489. The molecule has 150 valence electrons. The third kappa shape index (κ3) is 8.82. The molecule has 0 aliphatic heterocycles. The molecular formula is C21H32N2O4. The van der Waals surface area contributed by atoms with Crippen LogP contribution in [0.4, 0.5) is 0 Å². The largest absolute Gasteiger partial charge is 0.466 e. The van der Waals surface area contributed by atoms with E-state index in [0.29, 0.717) is 25.3 Å². The van der Waals surface area contributed by atoms with Gasteiger partial charge in [0.1, 0.15) is 0 Å². The highest BCUT2D eigenvalue weighted by Gasteiger charge is 2.18. The van der Waals surface area contributed by atoms with Crippen molar-refractivity contribution in [1.82, 2.24) is 9.80 Å². The molecule has 0 heterocycles. The van der Waals surface area contributed by atoms with Crippen molar-refractivity contribution in [3.63, 3.8) is 0 Å². The molecule has 27 heavy (non-hydrogen) atoms. The lowest BCUT2D eigenvalue weighted by Gasteiger charge is -2.26. The van der Waals surface area contributed by atoms with Gasteiger partial charge in [-0.1, -0.05) is 44.2 Å². The second-order valence-electron chi connectivity index (χ2n) is 6.25. The molecule has 0 N–H and O–H groups in total. The van der Waals surface area contributed by atoms with Crippen molar-refractivity contribution in [2.75, 3.05) is 39.3 Å². The molecule has 0 radical (unpaired) electrons. The van der Waals surface area contributed by atoms with Crippen LogP contribution in [0.5, 0.6) is 0 Å². The summed E-state index contributed by atoms with van der Waals surface area (Å²) in [4.78, 5) is 40.4. The summed E-state index contributed by atoms with van der Waals surface area (Å²) in [5, 5.41) is 0. The van der Waals surface area contributed by atoms with Crippen LogP contribution in [0, 0.1) is 0 Å². The Morgan fingerprint density at radius 1 is 0.852 bits per heavy atom. The summed E-state index contributed by atoms with van der Waals surface area (Å²) in [6, 6.07) is 8.99. The molecule has 1 aromatic rings. The first-order chi connectivity index (χ1) is 13.0. The predicted octanol–water partition coefficient (Wildman–Crippen LogP) is 2.77. The van der Waals surface area contributed by atoms with Gasteiger partial charge in [-0.05, 0) is 20.0 Å². The minimum absolute atomic E-state index is 0.0435. The topological polar surface area (TPSA) is 66.9 Å².